The highest BCUT2D eigenvalue weighted by atomic mass is 16.3. The van der Waals surface area contributed by atoms with Gasteiger partial charge in [0, 0.05) is 16.6 Å². The normalized spacial score (nSPS) is 11.1. The molecule has 0 unspecified atom stereocenters. The number of furan rings is 1. The summed E-state index contributed by atoms with van der Waals surface area (Å²) in [5.74, 6) is 0. The van der Waals surface area contributed by atoms with Crippen molar-refractivity contribution in [3.8, 4) is 11.1 Å². The van der Waals surface area contributed by atoms with Gasteiger partial charge in [0.15, 0.2) is 0 Å². The van der Waals surface area contributed by atoms with Crippen LogP contribution in [0, 0.1) is 6.92 Å². The third kappa shape index (κ3) is 2.67. The van der Waals surface area contributed by atoms with Gasteiger partial charge < -0.3 is 9.73 Å². The van der Waals surface area contributed by atoms with E-state index in [4.69, 9.17) is 4.42 Å². The summed E-state index contributed by atoms with van der Waals surface area (Å²) in [6, 6.07) is 31.3. The minimum absolute atomic E-state index is 0.904. The molecule has 1 N–H and O–H groups in total. The van der Waals surface area contributed by atoms with Gasteiger partial charge in [-0.1, -0.05) is 72.8 Å². The van der Waals surface area contributed by atoms with Crippen LogP contribution in [0.2, 0.25) is 0 Å². The van der Waals surface area contributed by atoms with Crippen molar-refractivity contribution in [2.24, 2.45) is 0 Å². The van der Waals surface area contributed by atoms with Crippen molar-refractivity contribution in [2.75, 3.05) is 5.32 Å². The van der Waals surface area contributed by atoms with E-state index in [-0.39, 0.29) is 0 Å². The van der Waals surface area contributed by atoms with Gasteiger partial charge in [0.1, 0.15) is 11.2 Å². The molecule has 0 fully saturated rings. The second-order valence-corrected chi connectivity index (χ2v) is 6.77. The summed E-state index contributed by atoms with van der Waals surface area (Å²) in [4.78, 5) is 0. The van der Waals surface area contributed by atoms with Crippen molar-refractivity contribution in [3.05, 3.63) is 96.6 Å². The van der Waals surface area contributed by atoms with Crippen LogP contribution < -0.4 is 5.32 Å². The zero-order chi connectivity index (χ0) is 18.2. The maximum atomic E-state index is 6.14. The Labute approximate surface area is 158 Å². The van der Waals surface area contributed by atoms with Crippen molar-refractivity contribution >= 4 is 33.3 Å². The molecule has 5 rings (SSSR count). The Hall–Kier alpha value is -3.52. The van der Waals surface area contributed by atoms with Gasteiger partial charge in [0.05, 0.1) is 11.1 Å². The van der Waals surface area contributed by atoms with E-state index >= 15 is 0 Å². The summed E-state index contributed by atoms with van der Waals surface area (Å²) in [5.41, 5.74) is 7.53. The summed E-state index contributed by atoms with van der Waals surface area (Å²) in [6.45, 7) is 2.09. The lowest BCUT2D eigenvalue weighted by Crippen LogP contribution is -1.93. The van der Waals surface area contributed by atoms with Crippen molar-refractivity contribution in [3.63, 3.8) is 0 Å². The van der Waals surface area contributed by atoms with Crippen LogP contribution in [0.5, 0.6) is 0 Å². The van der Waals surface area contributed by atoms with Crippen LogP contribution in [-0.4, -0.2) is 0 Å². The van der Waals surface area contributed by atoms with E-state index in [0.717, 1.165) is 38.9 Å². The number of nitrogens with one attached hydrogen (secondary N) is 1. The Morgan fingerprint density at radius 1 is 0.667 bits per heavy atom. The van der Waals surface area contributed by atoms with E-state index in [1.807, 2.05) is 18.2 Å². The van der Waals surface area contributed by atoms with Crippen molar-refractivity contribution < 1.29 is 4.42 Å². The van der Waals surface area contributed by atoms with Crippen LogP contribution in [0.4, 0.5) is 11.4 Å². The second kappa shape index (κ2) is 6.33. The molecule has 1 aromatic heterocycles. The number of fused-ring (bicyclic) bond motifs is 3. The molecule has 5 aromatic rings. The maximum absolute atomic E-state index is 6.14. The highest BCUT2D eigenvalue weighted by Crippen LogP contribution is 2.38. The second-order valence-electron chi connectivity index (χ2n) is 6.77. The van der Waals surface area contributed by atoms with Gasteiger partial charge in [-0.05, 0) is 36.2 Å². The molecular formula is C25H19NO. The molecule has 0 bridgehead atoms. The molecule has 4 aromatic carbocycles. The van der Waals surface area contributed by atoms with Gasteiger partial charge in [-0.3, -0.25) is 0 Å². The number of anilines is 2. The van der Waals surface area contributed by atoms with Gasteiger partial charge in [-0.15, -0.1) is 0 Å². The number of para-hydroxylation sites is 2. The van der Waals surface area contributed by atoms with Crippen LogP contribution in [0.15, 0.2) is 95.4 Å². The first-order valence-corrected chi connectivity index (χ1v) is 9.13. The summed E-state index contributed by atoms with van der Waals surface area (Å²) in [6.07, 6.45) is 0. The van der Waals surface area contributed by atoms with Gasteiger partial charge in [-0.2, -0.15) is 0 Å². The number of rotatable bonds is 3. The molecule has 0 amide bonds. The van der Waals surface area contributed by atoms with Crippen molar-refractivity contribution in [2.45, 2.75) is 6.92 Å². The molecule has 0 saturated heterocycles. The summed E-state index contributed by atoms with van der Waals surface area (Å²) in [5, 5.41) is 5.92. The lowest BCUT2D eigenvalue weighted by atomic mass is 10.0. The average Bonchev–Trinajstić information content (AvgIpc) is 3.10. The van der Waals surface area contributed by atoms with Gasteiger partial charge in [0.2, 0.25) is 0 Å². The Morgan fingerprint density at radius 2 is 1.41 bits per heavy atom. The molecule has 0 radical (unpaired) electrons. The fourth-order valence-corrected chi connectivity index (χ4v) is 3.70. The molecule has 2 nitrogen and oxygen atoms in total. The first-order valence-electron chi connectivity index (χ1n) is 9.13. The average molecular weight is 349 g/mol. The van der Waals surface area contributed by atoms with E-state index in [1.54, 1.807) is 0 Å². The number of benzene rings is 4. The standard InChI is InChI=1S/C25H19NO/c1-17-9-7-13-20-24-22(15-8-16-23(24)27-25(17)20)26-21-14-6-5-12-19(21)18-10-3-2-4-11-18/h2-16,26H,1H3. The first-order chi connectivity index (χ1) is 13.3. The molecule has 1 heterocycles. The molecule has 0 spiro atoms. The molecule has 0 aliphatic rings. The monoisotopic (exact) mass is 349 g/mol. The Bertz CT molecular complexity index is 1250. The highest BCUT2D eigenvalue weighted by Gasteiger charge is 2.13. The summed E-state index contributed by atoms with van der Waals surface area (Å²) in [7, 11) is 0. The third-order valence-corrected chi connectivity index (χ3v) is 5.00. The van der Waals surface area contributed by atoms with Gasteiger partial charge in [-0.25, -0.2) is 0 Å². The summed E-state index contributed by atoms with van der Waals surface area (Å²) < 4.78 is 6.14. The highest BCUT2D eigenvalue weighted by molar-refractivity contribution is 6.12. The third-order valence-electron chi connectivity index (χ3n) is 5.00. The maximum Gasteiger partial charge on any atom is 0.138 e. The van der Waals surface area contributed by atoms with Crippen LogP contribution in [0.3, 0.4) is 0 Å². The van der Waals surface area contributed by atoms with Crippen LogP contribution in [0.25, 0.3) is 33.1 Å². The van der Waals surface area contributed by atoms with E-state index in [0.29, 0.717) is 0 Å². The van der Waals surface area contributed by atoms with Crippen molar-refractivity contribution in [1.29, 1.82) is 0 Å². The van der Waals surface area contributed by atoms with Crippen molar-refractivity contribution in [1.82, 2.24) is 0 Å². The molecule has 0 aliphatic heterocycles. The zero-order valence-corrected chi connectivity index (χ0v) is 15.1. The fraction of sp³-hybridized carbons (Fsp3) is 0.0400. The van der Waals surface area contributed by atoms with Crippen LogP contribution in [0.1, 0.15) is 5.56 Å². The Morgan fingerprint density at radius 3 is 2.30 bits per heavy atom. The largest absolute Gasteiger partial charge is 0.456 e. The van der Waals surface area contributed by atoms with Gasteiger partial charge >= 0.3 is 0 Å². The predicted octanol–water partition coefficient (Wildman–Crippen LogP) is 7.31. The lowest BCUT2D eigenvalue weighted by molar-refractivity contribution is 0.666. The molecule has 2 heteroatoms. The van der Waals surface area contributed by atoms with E-state index < -0.39 is 0 Å². The predicted molar refractivity (Wildman–Crippen MR) is 114 cm³/mol. The number of hydrogen-bond donors (Lipinski definition) is 1. The molecule has 0 saturated carbocycles. The molecule has 0 atom stereocenters. The number of aryl methyl sites for hydroxylation is 1. The number of hydrogen-bond acceptors (Lipinski definition) is 2. The smallest absolute Gasteiger partial charge is 0.138 e. The topological polar surface area (TPSA) is 25.2 Å². The fourth-order valence-electron chi connectivity index (χ4n) is 3.70. The van der Waals surface area contributed by atoms with E-state index in [1.165, 1.54) is 11.1 Å². The summed E-state index contributed by atoms with van der Waals surface area (Å²) >= 11 is 0. The quantitative estimate of drug-likeness (QED) is 0.369. The lowest BCUT2D eigenvalue weighted by Gasteiger charge is -2.13. The first kappa shape index (κ1) is 15.7. The van der Waals surface area contributed by atoms with E-state index in [2.05, 4.69) is 85.0 Å². The van der Waals surface area contributed by atoms with Gasteiger partial charge in [0.25, 0.3) is 0 Å². The zero-order valence-electron chi connectivity index (χ0n) is 15.1. The Balaban J connectivity index is 1.69. The minimum Gasteiger partial charge on any atom is -0.456 e. The van der Waals surface area contributed by atoms with Crippen LogP contribution >= 0.6 is 0 Å². The molecule has 130 valence electrons. The SMILES string of the molecule is Cc1cccc2c1oc1cccc(Nc3ccccc3-c3ccccc3)c12. The Kier molecular flexibility index (Phi) is 3.68. The molecule has 0 aliphatic carbocycles. The minimum atomic E-state index is 0.904. The van der Waals surface area contributed by atoms with E-state index in [9.17, 15) is 0 Å². The molecule has 27 heavy (non-hydrogen) atoms. The molecular weight excluding hydrogens is 330 g/mol. The van der Waals surface area contributed by atoms with Crippen LogP contribution in [-0.2, 0) is 0 Å².